The minimum Gasteiger partial charge on any atom is -0.463 e. The highest BCUT2D eigenvalue weighted by atomic mass is 31.2. The Morgan fingerprint density at radius 1 is 0.564 bits per heavy atom. The SMILES string of the molecule is CC/C=C\C/C=C\C/C=C\C/C=C\C/C=C\C/C=C\C/C=C\C/C=C\C/C=C\CCCCCCCCCC(=O)OCC(O)COP(=O)(O)OCC[N+](C)(C)C. The van der Waals surface area contributed by atoms with Gasteiger partial charge in [-0.25, -0.2) is 4.57 Å². The Hall–Kier alpha value is -2.84. The molecule has 0 heterocycles. The molecule has 8 nitrogen and oxygen atoms in total. The second-order valence-corrected chi connectivity index (χ2v) is 16.0. The van der Waals surface area contributed by atoms with Crippen LogP contribution in [0.5, 0.6) is 0 Å². The van der Waals surface area contributed by atoms with E-state index in [4.69, 9.17) is 13.8 Å². The van der Waals surface area contributed by atoms with Crippen molar-refractivity contribution in [2.75, 3.05) is 47.5 Å². The van der Waals surface area contributed by atoms with Crippen molar-refractivity contribution in [3.05, 3.63) is 109 Å². The number of hydrogen-bond acceptors (Lipinski definition) is 6. The van der Waals surface area contributed by atoms with Crippen LogP contribution >= 0.6 is 7.82 Å². The summed E-state index contributed by atoms with van der Waals surface area (Å²) in [4.78, 5) is 21.6. The zero-order valence-corrected chi connectivity index (χ0v) is 35.8. The summed E-state index contributed by atoms with van der Waals surface area (Å²) in [5.41, 5.74) is 0. The molecule has 0 aliphatic carbocycles. The van der Waals surface area contributed by atoms with Gasteiger partial charge in [0.25, 0.3) is 0 Å². The van der Waals surface area contributed by atoms with Crippen molar-refractivity contribution in [1.29, 1.82) is 0 Å². The lowest BCUT2D eigenvalue weighted by molar-refractivity contribution is -0.870. The Kier molecular flexibility index (Phi) is 36.1. The van der Waals surface area contributed by atoms with E-state index >= 15 is 0 Å². The first-order valence-corrected chi connectivity index (χ1v) is 22.2. The number of unbranched alkanes of at least 4 members (excludes halogenated alkanes) is 7. The molecule has 0 rings (SSSR count). The summed E-state index contributed by atoms with van der Waals surface area (Å²) in [6, 6.07) is 0. The molecule has 0 aromatic heterocycles. The van der Waals surface area contributed by atoms with Crippen molar-refractivity contribution < 1.29 is 37.6 Å². The summed E-state index contributed by atoms with van der Waals surface area (Å²) in [7, 11) is 1.54. The van der Waals surface area contributed by atoms with Crippen LogP contribution in [0.2, 0.25) is 0 Å². The molecule has 2 N–H and O–H groups in total. The van der Waals surface area contributed by atoms with Gasteiger partial charge in [0.1, 0.15) is 25.9 Å². The van der Waals surface area contributed by atoms with Crippen LogP contribution in [0.15, 0.2) is 109 Å². The number of esters is 1. The Labute approximate surface area is 336 Å². The molecule has 0 radical (unpaired) electrons. The summed E-state index contributed by atoms with van der Waals surface area (Å²) >= 11 is 0. The second kappa shape index (κ2) is 38.1. The molecule has 55 heavy (non-hydrogen) atoms. The molecule has 0 aromatic carbocycles. The molecule has 0 amide bonds. The average molecular weight is 787 g/mol. The van der Waals surface area contributed by atoms with E-state index in [1.807, 2.05) is 21.1 Å². The molecule has 312 valence electrons. The first-order valence-electron chi connectivity index (χ1n) is 20.7. The van der Waals surface area contributed by atoms with E-state index in [1.54, 1.807) is 0 Å². The number of likely N-dealkylation sites (N-methyl/N-ethyl adjacent to an activating group) is 1. The van der Waals surface area contributed by atoms with Gasteiger partial charge in [0, 0.05) is 6.42 Å². The van der Waals surface area contributed by atoms with E-state index in [0.717, 1.165) is 89.9 Å². The summed E-state index contributed by atoms with van der Waals surface area (Å²) in [6.45, 7) is 1.99. The van der Waals surface area contributed by atoms with Gasteiger partial charge in [0.05, 0.1) is 27.7 Å². The Balaban J connectivity index is 3.61. The quantitative estimate of drug-likeness (QED) is 0.0214. The van der Waals surface area contributed by atoms with E-state index in [9.17, 15) is 19.4 Å². The monoisotopic (exact) mass is 787 g/mol. The number of allylic oxidation sites excluding steroid dienone is 18. The van der Waals surface area contributed by atoms with Gasteiger partial charge in [0.15, 0.2) is 0 Å². The van der Waals surface area contributed by atoms with Crippen LogP contribution in [0, 0.1) is 0 Å². The van der Waals surface area contributed by atoms with Crippen molar-refractivity contribution in [2.45, 2.75) is 129 Å². The Bertz CT molecular complexity index is 1240. The summed E-state index contributed by atoms with van der Waals surface area (Å²) in [5.74, 6) is -0.389. The molecule has 2 atom stereocenters. The van der Waals surface area contributed by atoms with Crippen molar-refractivity contribution >= 4 is 13.8 Å². The molecule has 9 heteroatoms. The van der Waals surface area contributed by atoms with Crippen molar-refractivity contribution in [1.82, 2.24) is 0 Å². The average Bonchev–Trinajstić information content (AvgIpc) is 3.14. The third-order valence-corrected chi connectivity index (χ3v) is 9.03. The molecule has 0 aromatic rings. The van der Waals surface area contributed by atoms with Crippen LogP contribution in [0.1, 0.15) is 122 Å². The third kappa shape index (κ3) is 43.8. The van der Waals surface area contributed by atoms with E-state index in [0.29, 0.717) is 17.4 Å². The van der Waals surface area contributed by atoms with Crippen LogP contribution in [0.4, 0.5) is 0 Å². The Morgan fingerprint density at radius 2 is 0.945 bits per heavy atom. The number of phosphoric acid groups is 1. The van der Waals surface area contributed by atoms with Crippen LogP contribution in [0.3, 0.4) is 0 Å². The predicted octanol–water partition coefficient (Wildman–Crippen LogP) is 11.8. The molecule has 0 saturated carbocycles. The fraction of sp³-hybridized carbons (Fsp3) is 0.587. The fourth-order valence-electron chi connectivity index (χ4n) is 4.83. The highest BCUT2D eigenvalue weighted by Crippen LogP contribution is 2.43. The van der Waals surface area contributed by atoms with Crippen molar-refractivity contribution in [3.63, 3.8) is 0 Å². The molecule has 0 aliphatic rings. The van der Waals surface area contributed by atoms with Gasteiger partial charge in [-0.05, 0) is 77.0 Å². The molecule has 0 aliphatic heterocycles. The van der Waals surface area contributed by atoms with Gasteiger partial charge in [-0.1, -0.05) is 148 Å². The topological polar surface area (TPSA) is 102 Å². The van der Waals surface area contributed by atoms with Crippen molar-refractivity contribution in [3.8, 4) is 0 Å². The lowest BCUT2D eigenvalue weighted by Gasteiger charge is -2.24. The third-order valence-electron chi connectivity index (χ3n) is 8.05. The zero-order valence-electron chi connectivity index (χ0n) is 34.9. The molecule has 0 bridgehead atoms. The standard InChI is InChI=1S/C46H76NO7P/c1-5-6-7-8-9-10-11-12-13-14-15-16-17-18-19-20-21-22-23-24-25-26-27-28-29-30-31-32-33-34-35-36-37-38-39-40-46(49)52-43-45(48)44-54-55(50,51)53-42-41-47(2,3)4/h6-7,9-10,12-13,15-16,18-19,21-22,24-25,27-28,30-31,45,48H,5,8,11,14,17,20,23,26,29,32-44H2,1-4H3/p+1/b7-6-,10-9-,13-12-,16-15-,19-18-,22-21-,25-24-,28-27-,31-30-. The number of quaternary nitrogens is 1. The number of carbonyl (C=O) groups excluding carboxylic acids is 1. The van der Waals surface area contributed by atoms with Gasteiger partial charge in [-0.2, -0.15) is 0 Å². The molecule has 2 unspecified atom stereocenters. The van der Waals surface area contributed by atoms with Gasteiger partial charge in [-0.15, -0.1) is 0 Å². The lowest BCUT2D eigenvalue weighted by atomic mass is 10.1. The number of rotatable bonds is 36. The molecule has 0 spiro atoms. The Morgan fingerprint density at radius 3 is 1.36 bits per heavy atom. The van der Waals surface area contributed by atoms with E-state index in [2.05, 4.69) is 116 Å². The lowest BCUT2D eigenvalue weighted by Crippen LogP contribution is -2.37. The smallest absolute Gasteiger partial charge is 0.463 e. The van der Waals surface area contributed by atoms with E-state index < -0.39 is 20.5 Å². The van der Waals surface area contributed by atoms with Crippen LogP contribution in [-0.2, 0) is 23.1 Å². The van der Waals surface area contributed by atoms with Gasteiger partial charge >= 0.3 is 13.8 Å². The molecular formula is C46H77NO7P+. The van der Waals surface area contributed by atoms with Crippen LogP contribution < -0.4 is 0 Å². The van der Waals surface area contributed by atoms with Crippen molar-refractivity contribution in [2.24, 2.45) is 0 Å². The maximum Gasteiger partial charge on any atom is 0.472 e. The number of hydrogen-bond donors (Lipinski definition) is 2. The van der Waals surface area contributed by atoms with Gasteiger partial charge in [-0.3, -0.25) is 13.8 Å². The highest BCUT2D eigenvalue weighted by molar-refractivity contribution is 7.47. The second-order valence-electron chi connectivity index (χ2n) is 14.5. The summed E-state index contributed by atoms with van der Waals surface area (Å²) in [6.07, 6.45) is 56.9. The number of phosphoric ester groups is 1. The predicted molar refractivity (Wildman–Crippen MR) is 233 cm³/mol. The minimum absolute atomic E-state index is 0.0466. The minimum atomic E-state index is -4.26. The summed E-state index contributed by atoms with van der Waals surface area (Å²) in [5, 5.41) is 9.91. The van der Waals surface area contributed by atoms with Crippen LogP contribution in [-0.4, -0.2) is 74.1 Å². The zero-order chi connectivity index (χ0) is 40.6. The largest absolute Gasteiger partial charge is 0.472 e. The first-order chi connectivity index (χ1) is 26.6. The number of aliphatic hydroxyl groups excluding tert-OH is 1. The number of nitrogens with zero attached hydrogens (tertiary/aromatic N) is 1. The van der Waals surface area contributed by atoms with E-state index in [1.165, 1.54) is 19.3 Å². The summed E-state index contributed by atoms with van der Waals surface area (Å²) < 4.78 is 27.2. The van der Waals surface area contributed by atoms with Gasteiger partial charge < -0.3 is 19.2 Å². The molecule has 0 fully saturated rings. The maximum absolute atomic E-state index is 11.9. The first kappa shape index (κ1) is 52.2. The van der Waals surface area contributed by atoms with E-state index in [-0.39, 0.29) is 19.2 Å². The number of aliphatic hydroxyl groups is 1. The number of carbonyl (C=O) groups is 1. The van der Waals surface area contributed by atoms with Crippen LogP contribution in [0.25, 0.3) is 0 Å². The number of ether oxygens (including phenoxy) is 1. The molecular weight excluding hydrogens is 709 g/mol. The normalized spacial score (nSPS) is 14.9. The maximum atomic E-state index is 11.9. The highest BCUT2D eigenvalue weighted by Gasteiger charge is 2.24. The molecule has 0 saturated heterocycles. The van der Waals surface area contributed by atoms with Gasteiger partial charge in [0.2, 0.25) is 0 Å². The fourth-order valence-corrected chi connectivity index (χ4v) is 5.57.